The van der Waals surface area contributed by atoms with Crippen LogP contribution >= 0.6 is 0 Å². The fourth-order valence-electron chi connectivity index (χ4n) is 9.48. The summed E-state index contributed by atoms with van der Waals surface area (Å²) in [6, 6.07) is 0. The molecule has 0 aromatic heterocycles. The smallest absolute Gasteiger partial charge is 0.305 e. The maximum atomic E-state index is 12.3. The fraction of sp³-hybridized carbons (Fsp3) is 0.897. The Balaban J connectivity index is 1.58. The molecule has 4 aliphatic carbocycles. The summed E-state index contributed by atoms with van der Waals surface area (Å²) in [5.74, 6) is 2.60. The monoisotopic (exact) mass is 490 g/mol. The molecule has 0 unspecified atom stereocenters. The molecule has 6 heteroatoms. The number of esters is 3. The lowest BCUT2D eigenvalue weighted by Crippen LogP contribution is -2.59. The second kappa shape index (κ2) is 10.0. The number of fused-ring (bicyclic) bond motifs is 5. The molecule has 35 heavy (non-hydrogen) atoms. The summed E-state index contributed by atoms with van der Waals surface area (Å²) in [5.41, 5.74) is 0.147. The lowest BCUT2D eigenvalue weighted by atomic mass is 9.43. The van der Waals surface area contributed by atoms with Crippen LogP contribution in [0.5, 0.6) is 0 Å². The minimum atomic E-state index is -0.183. The van der Waals surface area contributed by atoms with Gasteiger partial charge in [-0.3, -0.25) is 14.4 Å². The Kier molecular flexibility index (Phi) is 7.60. The van der Waals surface area contributed by atoms with Crippen molar-refractivity contribution in [2.45, 2.75) is 111 Å². The summed E-state index contributed by atoms with van der Waals surface area (Å²) in [7, 11) is 1.45. The van der Waals surface area contributed by atoms with Crippen LogP contribution in [0.15, 0.2) is 0 Å². The third-order valence-corrected chi connectivity index (χ3v) is 11.1. The molecule has 0 spiro atoms. The van der Waals surface area contributed by atoms with Crippen molar-refractivity contribution in [3.8, 4) is 0 Å². The molecule has 10 atom stereocenters. The molecule has 0 aromatic rings. The highest BCUT2D eigenvalue weighted by molar-refractivity contribution is 5.69. The van der Waals surface area contributed by atoms with Crippen LogP contribution in [0.4, 0.5) is 0 Å². The molecule has 0 N–H and O–H groups in total. The van der Waals surface area contributed by atoms with E-state index in [4.69, 9.17) is 14.2 Å². The summed E-state index contributed by atoms with van der Waals surface area (Å²) >= 11 is 0. The van der Waals surface area contributed by atoms with Gasteiger partial charge in [-0.2, -0.15) is 0 Å². The van der Waals surface area contributed by atoms with Crippen molar-refractivity contribution in [2.24, 2.45) is 46.3 Å². The lowest BCUT2D eigenvalue weighted by Gasteiger charge is -2.62. The van der Waals surface area contributed by atoms with Crippen molar-refractivity contribution >= 4 is 17.9 Å². The predicted molar refractivity (Wildman–Crippen MR) is 132 cm³/mol. The quantitative estimate of drug-likeness (QED) is 0.351. The minimum absolute atomic E-state index is 0.0479. The van der Waals surface area contributed by atoms with Gasteiger partial charge >= 0.3 is 17.9 Å². The van der Waals surface area contributed by atoms with E-state index < -0.39 is 0 Å². The van der Waals surface area contributed by atoms with Gasteiger partial charge in [-0.25, -0.2) is 0 Å². The normalized spacial score (nSPS) is 43.2. The fourth-order valence-corrected chi connectivity index (χ4v) is 9.48. The van der Waals surface area contributed by atoms with Crippen molar-refractivity contribution in [3.05, 3.63) is 0 Å². The lowest BCUT2D eigenvalue weighted by molar-refractivity contribution is -0.197. The summed E-state index contributed by atoms with van der Waals surface area (Å²) in [6.07, 6.45) is 9.87. The Bertz CT molecular complexity index is 824. The van der Waals surface area contributed by atoms with E-state index in [0.717, 1.165) is 38.5 Å². The van der Waals surface area contributed by atoms with Crippen LogP contribution in [0.1, 0.15) is 98.8 Å². The topological polar surface area (TPSA) is 78.9 Å². The molecule has 0 bridgehead atoms. The Hall–Kier alpha value is -1.59. The van der Waals surface area contributed by atoms with Crippen molar-refractivity contribution in [2.75, 3.05) is 7.11 Å². The van der Waals surface area contributed by atoms with E-state index in [1.807, 2.05) is 0 Å². The van der Waals surface area contributed by atoms with Gasteiger partial charge in [0.1, 0.15) is 12.2 Å². The highest BCUT2D eigenvalue weighted by Crippen LogP contribution is 2.69. The maximum Gasteiger partial charge on any atom is 0.305 e. The molecular weight excluding hydrogens is 444 g/mol. The SMILES string of the molecule is COC(=O)CC[C@H](C)[C@@H]1CC[C@@H]2[C@H]3CC[C@H]4C[C@@H](OC(C)=O)CC[C@]4(C)[C@@H]3C[C@@H](OC(C)=O)[C@@]21C. The van der Waals surface area contributed by atoms with Crippen molar-refractivity contribution in [3.63, 3.8) is 0 Å². The van der Waals surface area contributed by atoms with Crippen LogP contribution in [0.3, 0.4) is 0 Å². The Morgan fingerprint density at radius 3 is 2.29 bits per heavy atom. The molecule has 0 heterocycles. The molecule has 4 rings (SSSR count). The molecule has 4 aliphatic rings. The van der Waals surface area contributed by atoms with Gasteiger partial charge in [0, 0.05) is 25.7 Å². The van der Waals surface area contributed by atoms with Crippen LogP contribution in [0, 0.1) is 46.3 Å². The second-order valence-corrected chi connectivity index (χ2v) is 12.6. The molecule has 198 valence electrons. The van der Waals surface area contributed by atoms with Crippen molar-refractivity contribution in [1.82, 2.24) is 0 Å². The molecule has 0 aliphatic heterocycles. The van der Waals surface area contributed by atoms with Crippen molar-refractivity contribution < 1.29 is 28.6 Å². The van der Waals surface area contributed by atoms with E-state index >= 15 is 0 Å². The van der Waals surface area contributed by atoms with Crippen molar-refractivity contribution in [1.29, 1.82) is 0 Å². The molecular formula is C29H46O6. The van der Waals surface area contributed by atoms with Crippen LogP contribution in [0.2, 0.25) is 0 Å². The van der Waals surface area contributed by atoms with E-state index in [9.17, 15) is 14.4 Å². The van der Waals surface area contributed by atoms with Gasteiger partial charge in [0.25, 0.3) is 0 Å². The summed E-state index contributed by atoms with van der Waals surface area (Å²) in [4.78, 5) is 35.7. The molecule has 6 nitrogen and oxygen atoms in total. The van der Waals surface area contributed by atoms with E-state index in [1.165, 1.54) is 33.3 Å². The highest BCUT2D eigenvalue weighted by atomic mass is 16.5. The average Bonchev–Trinajstić information content (AvgIpc) is 3.16. The Labute approximate surface area is 211 Å². The standard InChI is InChI=1S/C29H46O6/c1-17(7-12-27(32)33-6)23-10-11-24-22-9-8-20-15-21(34-18(2)30)13-14-28(20,4)25(22)16-26(29(23,24)5)35-19(3)31/h17,20-26H,7-16H2,1-6H3/t17-,20-,21-,22+,23-,24+,25+,26+,28-,29+/m0/s1. The molecule has 0 radical (unpaired) electrons. The van der Waals surface area contributed by atoms with Crippen LogP contribution < -0.4 is 0 Å². The first-order valence-corrected chi connectivity index (χ1v) is 13.9. The number of hydrogen-bond acceptors (Lipinski definition) is 6. The first kappa shape index (κ1) is 26.5. The third kappa shape index (κ3) is 4.75. The second-order valence-electron chi connectivity index (χ2n) is 12.6. The van der Waals surface area contributed by atoms with E-state index in [-0.39, 0.29) is 40.9 Å². The van der Waals surface area contributed by atoms with Gasteiger partial charge in [-0.05, 0) is 98.7 Å². The Morgan fingerprint density at radius 2 is 1.63 bits per heavy atom. The van der Waals surface area contributed by atoms with E-state index in [2.05, 4.69) is 20.8 Å². The Morgan fingerprint density at radius 1 is 0.914 bits per heavy atom. The van der Waals surface area contributed by atoms with E-state index in [0.29, 0.717) is 41.9 Å². The summed E-state index contributed by atoms with van der Waals surface area (Å²) in [6.45, 7) is 10.2. The largest absolute Gasteiger partial charge is 0.469 e. The number of hydrogen-bond donors (Lipinski definition) is 0. The molecule has 0 saturated heterocycles. The zero-order valence-corrected chi connectivity index (χ0v) is 22.6. The summed E-state index contributed by atoms with van der Waals surface area (Å²) in [5, 5.41) is 0. The van der Waals surface area contributed by atoms with Gasteiger partial charge in [0.15, 0.2) is 0 Å². The third-order valence-electron chi connectivity index (χ3n) is 11.1. The van der Waals surface area contributed by atoms with Crippen LogP contribution in [-0.2, 0) is 28.6 Å². The van der Waals surface area contributed by atoms with Gasteiger partial charge in [-0.1, -0.05) is 20.8 Å². The highest BCUT2D eigenvalue weighted by Gasteiger charge is 2.65. The number of ether oxygens (including phenoxy) is 3. The molecule has 0 amide bonds. The number of carbonyl (C=O) groups excluding carboxylic acids is 3. The number of methoxy groups -OCH3 is 1. The van der Waals surface area contributed by atoms with Crippen LogP contribution in [-0.4, -0.2) is 37.2 Å². The van der Waals surface area contributed by atoms with Gasteiger partial charge in [-0.15, -0.1) is 0 Å². The molecule has 4 saturated carbocycles. The molecule has 0 aromatic carbocycles. The van der Waals surface area contributed by atoms with Gasteiger partial charge in [0.05, 0.1) is 7.11 Å². The predicted octanol–water partition coefficient (Wildman–Crippen LogP) is 5.71. The average molecular weight is 491 g/mol. The minimum Gasteiger partial charge on any atom is -0.469 e. The van der Waals surface area contributed by atoms with E-state index in [1.54, 1.807) is 6.92 Å². The van der Waals surface area contributed by atoms with Crippen LogP contribution in [0.25, 0.3) is 0 Å². The number of carbonyl (C=O) groups is 3. The number of rotatable bonds is 6. The summed E-state index contributed by atoms with van der Waals surface area (Å²) < 4.78 is 16.7. The zero-order chi connectivity index (χ0) is 25.5. The van der Waals surface area contributed by atoms with Gasteiger partial charge in [0.2, 0.25) is 0 Å². The maximum absolute atomic E-state index is 12.3. The first-order chi connectivity index (χ1) is 16.5. The zero-order valence-electron chi connectivity index (χ0n) is 22.6. The molecule has 4 fully saturated rings. The first-order valence-electron chi connectivity index (χ1n) is 13.9. The van der Waals surface area contributed by atoms with Gasteiger partial charge < -0.3 is 14.2 Å².